The van der Waals surface area contributed by atoms with Gasteiger partial charge < -0.3 is 5.73 Å². The normalized spacial score (nSPS) is 11.7. The molecule has 0 atom stereocenters. The molecule has 3 N–H and O–H groups in total. The van der Waals surface area contributed by atoms with Crippen LogP contribution in [-0.4, -0.2) is 19.9 Å². The summed E-state index contributed by atoms with van der Waals surface area (Å²) in [5.74, 6) is 0. The molecule has 0 aliphatic rings. The van der Waals surface area contributed by atoms with Gasteiger partial charge in [0, 0.05) is 28.5 Å². The molecule has 5 nitrogen and oxygen atoms in total. The van der Waals surface area contributed by atoms with Crippen molar-refractivity contribution in [1.82, 2.24) is 9.71 Å². The van der Waals surface area contributed by atoms with Crippen LogP contribution in [0.5, 0.6) is 0 Å². The Kier molecular flexibility index (Phi) is 4.79. The standard InChI is InChI=1S/C12H14BrN3O2S2/c1-8-11(14)4-9(13)5-12(8)20(17,18)16-3-2-10-6-19-7-15-10/h4-7,16H,2-3,14H2,1H3. The van der Waals surface area contributed by atoms with Crippen molar-refractivity contribution in [3.63, 3.8) is 0 Å². The molecule has 2 aromatic rings. The summed E-state index contributed by atoms with van der Waals surface area (Å²) in [6.07, 6.45) is 0.561. The van der Waals surface area contributed by atoms with E-state index in [4.69, 9.17) is 5.73 Å². The van der Waals surface area contributed by atoms with Gasteiger partial charge in [0.15, 0.2) is 0 Å². The first-order chi connectivity index (χ1) is 9.40. The van der Waals surface area contributed by atoms with Gasteiger partial charge in [-0.1, -0.05) is 15.9 Å². The maximum atomic E-state index is 12.3. The van der Waals surface area contributed by atoms with E-state index in [1.54, 1.807) is 24.6 Å². The summed E-state index contributed by atoms with van der Waals surface area (Å²) < 4.78 is 27.8. The number of aromatic nitrogens is 1. The Morgan fingerprint density at radius 3 is 2.85 bits per heavy atom. The van der Waals surface area contributed by atoms with Crippen LogP contribution in [0.1, 0.15) is 11.3 Å². The first-order valence-electron chi connectivity index (χ1n) is 5.82. The topological polar surface area (TPSA) is 85.1 Å². The maximum absolute atomic E-state index is 12.3. The van der Waals surface area contributed by atoms with Gasteiger partial charge in [0.1, 0.15) is 0 Å². The molecule has 0 bridgehead atoms. The van der Waals surface area contributed by atoms with Crippen molar-refractivity contribution in [3.8, 4) is 0 Å². The molecule has 108 valence electrons. The van der Waals surface area contributed by atoms with Gasteiger partial charge in [-0.15, -0.1) is 11.3 Å². The molecule has 0 amide bonds. The van der Waals surface area contributed by atoms with Gasteiger partial charge in [-0.3, -0.25) is 0 Å². The molecule has 1 aromatic heterocycles. The predicted octanol–water partition coefficient (Wildman–Crippen LogP) is 2.32. The second kappa shape index (κ2) is 6.21. The van der Waals surface area contributed by atoms with E-state index >= 15 is 0 Å². The number of thiazole rings is 1. The molecule has 0 unspecified atom stereocenters. The van der Waals surface area contributed by atoms with Gasteiger partial charge in [-0.2, -0.15) is 0 Å². The molecular weight excluding hydrogens is 362 g/mol. The maximum Gasteiger partial charge on any atom is 0.240 e. The average molecular weight is 376 g/mol. The number of anilines is 1. The average Bonchev–Trinajstić information content (AvgIpc) is 2.86. The van der Waals surface area contributed by atoms with Crippen molar-refractivity contribution in [2.24, 2.45) is 0 Å². The number of halogens is 1. The largest absolute Gasteiger partial charge is 0.398 e. The Morgan fingerprint density at radius 1 is 1.45 bits per heavy atom. The van der Waals surface area contributed by atoms with Crippen LogP contribution in [0.3, 0.4) is 0 Å². The molecule has 1 aromatic carbocycles. The number of sulfonamides is 1. The number of benzene rings is 1. The predicted molar refractivity (Wildman–Crippen MR) is 84.3 cm³/mol. The monoisotopic (exact) mass is 375 g/mol. The minimum atomic E-state index is -3.57. The fraction of sp³-hybridized carbons (Fsp3) is 0.250. The third kappa shape index (κ3) is 3.57. The number of nitrogens with one attached hydrogen (secondary N) is 1. The smallest absolute Gasteiger partial charge is 0.240 e. The second-order valence-corrected chi connectivity index (χ2v) is 7.62. The van der Waals surface area contributed by atoms with E-state index in [0.29, 0.717) is 28.7 Å². The van der Waals surface area contributed by atoms with Crippen LogP contribution in [-0.2, 0) is 16.4 Å². The van der Waals surface area contributed by atoms with Gasteiger partial charge in [-0.05, 0) is 24.6 Å². The Bertz CT molecular complexity index is 700. The van der Waals surface area contributed by atoms with Crippen LogP contribution in [0.15, 0.2) is 32.4 Å². The zero-order valence-electron chi connectivity index (χ0n) is 10.8. The Labute approximate surface area is 130 Å². The first kappa shape index (κ1) is 15.4. The quantitative estimate of drug-likeness (QED) is 0.785. The fourth-order valence-electron chi connectivity index (χ4n) is 1.71. The molecule has 0 aliphatic heterocycles. The summed E-state index contributed by atoms with van der Waals surface area (Å²) in [6, 6.07) is 3.24. The number of nitrogen functional groups attached to an aromatic ring is 1. The Balaban J connectivity index is 2.14. The first-order valence-corrected chi connectivity index (χ1v) is 9.04. The highest BCUT2D eigenvalue weighted by Crippen LogP contribution is 2.26. The molecule has 0 spiro atoms. The number of nitrogens with zero attached hydrogens (tertiary/aromatic N) is 1. The number of rotatable bonds is 5. The van der Waals surface area contributed by atoms with Crippen molar-refractivity contribution >= 4 is 43.0 Å². The van der Waals surface area contributed by atoms with Gasteiger partial charge in [0.2, 0.25) is 10.0 Å². The van der Waals surface area contributed by atoms with E-state index in [-0.39, 0.29) is 4.90 Å². The molecule has 0 aliphatic carbocycles. The van der Waals surface area contributed by atoms with Crippen LogP contribution >= 0.6 is 27.3 Å². The van der Waals surface area contributed by atoms with Gasteiger partial charge in [-0.25, -0.2) is 18.1 Å². The summed E-state index contributed by atoms with van der Waals surface area (Å²) in [6.45, 7) is 1.99. The highest BCUT2D eigenvalue weighted by molar-refractivity contribution is 9.10. The molecule has 1 heterocycles. The SMILES string of the molecule is Cc1c(N)cc(Br)cc1S(=O)(=O)NCCc1cscn1. The van der Waals surface area contributed by atoms with Crippen LogP contribution in [0.25, 0.3) is 0 Å². The van der Waals surface area contributed by atoms with Crippen molar-refractivity contribution in [2.45, 2.75) is 18.2 Å². The van der Waals surface area contributed by atoms with E-state index in [0.717, 1.165) is 5.69 Å². The molecule has 2 rings (SSSR count). The third-order valence-electron chi connectivity index (χ3n) is 2.81. The van der Waals surface area contributed by atoms with Crippen LogP contribution in [0.2, 0.25) is 0 Å². The van der Waals surface area contributed by atoms with Gasteiger partial charge in [0.25, 0.3) is 0 Å². The van der Waals surface area contributed by atoms with Crippen molar-refractivity contribution in [2.75, 3.05) is 12.3 Å². The summed E-state index contributed by atoms with van der Waals surface area (Å²) in [7, 11) is -3.57. The van der Waals surface area contributed by atoms with E-state index in [2.05, 4.69) is 25.6 Å². The van der Waals surface area contributed by atoms with Crippen molar-refractivity contribution < 1.29 is 8.42 Å². The number of nitrogens with two attached hydrogens (primary N) is 1. The zero-order chi connectivity index (χ0) is 14.8. The molecule has 8 heteroatoms. The van der Waals surface area contributed by atoms with E-state index in [1.807, 2.05) is 5.38 Å². The molecule has 0 radical (unpaired) electrons. The second-order valence-electron chi connectivity index (χ2n) is 4.25. The van der Waals surface area contributed by atoms with Crippen molar-refractivity contribution in [3.05, 3.63) is 38.8 Å². The molecule has 20 heavy (non-hydrogen) atoms. The summed E-state index contributed by atoms with van der Waals surface area (Å²) >= 11 is 4.75. The lowest BCUT2D eigenvalue weighted by molar-refractivity contribution is 0.580. The van der Waals surface area contributed by atoms with Gasteiger partial charge >= 0.3 is 0 Å². The Hall–Kier alpha value is -0.960. The van der Waals surface area contributed by atoms with E-state index in [9.17, 15) is 8.42 Å². The minimum absolute atomic E-state index is 0.197. The summed E-state index contributed by atoms with van der Waals surface area (Å²) in [5, 5.41) is 1.90. The van der Waals surface area contributed by atoms with Crippen molar-refractivity contribution in [1.29, 1.82) is 0 Å². The highest BCUT2D eigenvalue weighted by atomic mass is 79.9. The fourth-order valence-corrected chi connectivity index (χ4v) is 4.25. The summed E-state index contributed by atoms with van der Waals surface area (Å²) in [4.78, 5) is 4.31. The highest BCUT2D eigenvalue weighted by Gasteiger charge is 2.18. The van der Waals surface area contributed by atoms with Crippen LogP contribution in [0.4, 0.5) is 5.69 Å². The molecular formula is C12H14BrN3O2S2. The zero-order valence-corrected chi connectivity index (χ0v) is 14.0. The van der Waals surface area contributed by atoms with Crippen LogP contribution < -0.4 is 10.5 Å². The summed E-state index contributed by atoms with van der Waals surface area (Å²) in [5.41, 5.74) is 9.39. The van der Waals surface area contributed by atoms with E-state index in [1.165, 1.54) is 11.3 Å². The molecule has 0 saturated heterocycles. The van der Waals surface area contributed by atoms with Gasteiger partial charge in [0.05, 0.1) is 16.1 Å². The molecule has 0 fully saturated rings. The third-order valence-corrected chi connectivity index (χ3v) is 5.49. The lowest BCUT2D eigenvalue weighted by atomic mass is 10.2. The lowest BCUT2D eigenvalue weighted by Crippen LogP contribution is -2.27. The Morgan fingerprint density at radius 2 is 2.20 bits per heavy atom. The van der Waals surface area contributed by atoms with Crippen LogP contribution in [0, 0.1) is 6.92 Å². The minimum Gasteiger partial charge on any atom is -0.398 e. The number of hydrogen-bond acceptors (Lipinski definition) is 5. The molecule has 0 saturated carbocycles. The number of hydrogen-bond donors (Lipinski definition) is 2. The van der Waals surface area contributed by atoms with E-state index < -0.39 is 10.0 Å². The lowest BCUT2D eigenvalue weighted by Gasteiger charge is -2.11.